The maximum Gasteiger partial charge on any atom is 0.410 e. The molecule has 0 spiro atoms. The van der Waals surface area contributed by atoms with Gasteiger partial charge >= 0.3 is 18.0 Å². The Bertz CT molecular complexity index is 1260. The Morgan fingerprint density at radius 2 is 1.78 bits per heavy atom. The third-order valence-electron chi connectivity index (χ3n) is 8.94. The molecule has 4 rings (SSSR count). The van der Waals surface area contributed by atoms with Crippen molar-refractivity contribution in [2.45, 2.75) is 58.3 Å². The molecule has 2 N–H and O–H groups in total. The third-order valence-corrected chi connectivity index (χ3v) is 8.94. The number of aliphatic hydroxyl groups is 1. The minimum atomic E-state index is -0.887. The highest BCUT2D eigenvalue weighted by Gasteiger charge is 2.29. The molecular weight excluding hydrogens is 595 g/mol. The number of methoxy groups -OCH3 is 1. The van der Waals surface area contributed by atoms with Gasteiger partial charge in [0.25, 0.3) is 0 Å². The summed E-state index contributed by atoms with van der Waals surface area (Å²) in [6.07, 6.45) is 3.90. The maximum absolute atomic E-state index is 14.9. The molecule has 0 aromatic heterocycles. The Hall–Kier alpha value is -3.48. The number of esters is 2. The minimum Gasteiger partial charge on any atom is -0.468 e. The van der Waals surface area contributed by atoms with Gasteiger partial charge in [-0.1, -0.05) is 26.0 Å². The first-order chi connectivity index (χ1) is 22.0. The lowest BCUT2D eigenvalue weighted by Crippen LogP contribution is -2.48. The highest BCUT2D eigenvalue weighted by atomic mass is 19.1. The summed E-state index contributed by atoms with van der Waals surface area (Å²) in [5.74, 6) is -1.56. The number of carbonyl (C=O) groups excluding carboxylic acids is 3. The van der Waals surface area contributed by atoms with E-state index in [1.54, 1.807) is 4.90 Å². The van der Waals surface area contributed by atoms with Crippen LogP contribution in [0.1, 0.15) is 45.6 Å². The molecule has 1 aromatic carbocycles. The summed E-state index contributed by atoms with van der Waals surface area (Å²) in [7, 11) is 1.37. The van der Waals surface area contributed by atoms with Gasteiger partial charge < -0.3 is 34.4 Å². The van der Waals surface area contributed by atoms with Gasteiger partial charge in [0.1, 0.15) is 18.0 Å². The molecule has 2 saturated heterocycles. The monoisotopic (exact) mass is 644 g/mol. The zero-order chi connectivity index (χ0) is 33.2. The molecule has 3 aliphatic heterocycles. The molecule has 0 saturated carbocycles. The second-order valence-corrected chi connectivity index (χ2v) is 12.6. The largest absolute Gasteiger partial charge is 0.468 e. The summed E-state index contributed by atoms with van der Waals surface area (Å²) in [5.41, 5.74) is 2.06. The smallest absolute Gasteiger partial charge is 0.410 e. The second-order valence-electron chi connectivity index (χ2n) is 12.6. The molecular formula is C34H49FN4O7. The van der Waals surface area contributed by atoms with Crippen LogP contribution >= 0.6 is 0 Å². The normalized spacial score (nSPS) is 28.0. The number of rotatable bonds is 6. The summed E-state index contributed by atoms with van der Waals surface area (Å²) in [6, 6.07) is 4.83. The predicted octanol–water partition coefficient (Wildman–Crippen LogP) is 3.22. The molecule has 5 atom stereocenters. The first-order valence-electron chi connectivity index (χ1n) is 16.3. The molecule has 1 amide bonds. The van der Waals surface area contributed by atoms with Crippen LogP contribution in [-0.4, -0.2) is 117 Å². The zero-order valence-corrected chi connectivity index (χ0v) is 27.5. The fourth-order valence-electron chi connectivity index (χ4n) is 6.11. The van der Waals surface area contributed by atoms with Gasteiger partial charge in [-0.25, -0.2) is 9.18 Å². The van der Waals surface area contributed by atoms with Gasteiger partial charge in [-0.05, 0) is 61.1 Å². The van der Waals surface area contributed by atoms with Gasteiger partial charge in [0, 0.05) is 64.0 Å². The number of hydrogen-bond donors (Lipinski definition) is 2. The number of anilines is 1. The van der Waals surface area contributed by atoms with Crippen LogP contribution in [-0.2, 0) is 23.8 Å². The van der Waals surface area contributed by atoms with Crippen molar-refractivity contribution in [3.05, 3.63) is 47.3 Å². The molecule has 1 aromatic rings. The fraction of sp³-hybridized carbons (Fsp3) is 0.618. The van der Waals surface area contributed by atoms with Crippen LogP contribution in [0.15, 0.2) is 35.9 Å². The van der Waals surface area contributed by atoms with E-state index >= 15 is 0 Å². The standard InChI is InChI=1S/C34H49FN4O7/c1-23-5-7-29(40)21-31(41)46-33(24(2)6-8-30(23)45-34(43)39-11-9-36-10-12-39)25(3)17-26-18-27(35)20-28(19-26)38-15-13-37(14-16-38)22-32(42)44-4/h6,8,17-20,23-24,29-30,33,36,40H,5,7,9-16,21-22H2,1-4H3/b8-6+,25-17+/t23-,24-,29+,30-,33-/m0/s1. The predicted molar refractivity (Wildman–Crippen MR) is 173 cm³/mol. The van der Waals surface area contributed by atoms with E-state index in [-0.39, 0.29) is 42.7 Å². The number of hydrogen-bond acceptors (Lipinski definition) is 10. The molecule has 0 bridgehead atoms. The van der Waals surface area contributed by atoms with Crippen molar-refractivity contribution >= 4 is 29.8 Å². The molecule has 3 heterocycles. The van der Waals surface area contributed by atoms with Gasteiger partial charge in [-0.2, -0.15) is 0 Å². The molecule has 254 valence electrons. The Balaban J connectivity index is 1.52. The molecule has 0 radical (unpaired) electrons. The van der Waals surface area contributed by atoms with E-state index in [0.717, 1.165) is 5.69 Å². The number of piperazine rings is 2. The summed E-state index contributed by atoms with van der Waals surface area (Å²) in [5, 5.41) is 13.8. The van der Waals surface area contributed by atoms with Crippen molar-refractivity contribution in [1.82, 2.24) is 15.1 Å². The maximum atomic E-state index is 14.9. The lowest BCUT2D eigenvalue weighted by atomic mass is 9.91. The van der Waals surface area contributed by atoms with E-state index in [4.69, 9.17) is 14.2 Å². The first-order valence-corrected chi connectivity index (χ1v) is 16.3. The topological polar surface area (TPSA) is 121 Å². The second kappa shape index (κ2) is 16.9. The average molecular weight is 645 g/mol. The van der Waals surface area contributed by atoms with Crippen molar-refractivity contribution in [2.24, 2.45) is 11.8 Å². The van der Waals surface area contributed by atoms with Crippen LogP contribution in [0.3, 0.4) is 0 Å². The van der Waals surface area contributed by atoms with Crippen LogP contribution in [0.2, 0.25) is 0 Å². The molecule has 11 nitrogen and oxygen atoms in total. The van der Waals surface area contributed by atoms with Crippen molar-refractivity contribution in [3.8, 4) is 0 Å². The van der Waals surface area contributed by atoms with E-state index in [2.05, 4.69) is 10.2 Å². The number of nitrogens with one attached hydrogen (secondary N) is 1. The number of carbonyl (C=O) groups is 3. The quantitative estimate of drug-likeness (QED) is 0.271. The van der Waals surface area contributed by atoms with Crippen molar-refractivity contribution in [3.63, 3.8) is 0 Å². The van der Waals surface area contributed by atoms with Crippen molar-refractivity contribution in [1.29, 1.82) is 0 Å². The summed E-state index contributed by atoms with van der Waals surface area (Å²) in [6.45, 7) is 11.1. The van der Waals surface area contributed by atoms with Crippen LogP contribution in [0.5, 0.6) is 0 Å². The number of ether oxygens (including phenoxy) is 3. The van der Waals surface area contributed by atoms with Gasteiger partial charge in [-0.15, -0.1) is 0 Å². The van der Waals surface area contributed by atoms with E-state index in [0.29, 0.717) is 76.3 Å². The van der Waals surface area contributed by atoms with Crippen LogP contribution in [0.4, 0.5) is 14.9 Å². The molecule has 2 fully saturated rings. The summed E-state index contributed by atoms with van der Waals surface area (Å²) >= 11 is 0. The van der Waals surface area contributed by atoms with Crippen molar-refractivity contribution < 1.29 is 38.1 Å². The number of halogens is 1. The first kappa shape index (κ1) is 35.4. The average Bonchev–Trinajstić information content (AvgIpc) is 3.04. The molecule has 12 heteroatoms. The molecule has 3 aliphatic rings. The lowest BCUT2D eigenvalue weighted by Gasteiger charge is -2.35. The number of amides is 1. The van der Waals surface area contributed by atoms with Crippen LogP contribution in [0.25, 0.3) is 6.08 Å². The fourth-order valence-corrected chi connectivity index (χ4v) is 6.11. The Kier molecular flexibility index (Phi) is 13.0. The van der Waals surface area contributed by atoms with Gasteiger partial charge in [0.15, 0.2) is 0 Å². The van der Waals surface area contributed by atoms with Crippen molar-refractivity contribution in [2.75, 3.05) is 70.9 Å². The minimum absolute atomic E-state index is 0.0800. The van der Waals surface area contributed by atoms with E-state index in [9.17, 15) is 23.9 Å². The molecule has 0 unspecified atom stereocenters. The van der Waals surface area contributed by atoms with E-state index in [1.807, 2.05) is 50.0 Å². The Morgan fingerprint density at radius 3 is 2.48 bits per heavy atom. The van der Waals surface area contributed by atoms with E-state index < -0.39 is 24.3 Å². The summed E-state index contributed by atoms with van der Waals surface area (Å²) < 4.78 is 31.5. The van der Waals surface area contributed by atoms with Gasteiger partial charge in [-0.3, -0.25) is 14.5 Å². The van der Waals surface area contributed by atoms with Crippen LogP contribution < -0.4 is 10.2 Å². The van der Waals surface area contributed by atoms with E-state index in [1.165, 1.54) is 19.2 Å². The highest BCUT2D eigenvalue weighted by molar-refractivity contribution is 5.72. The number of benzene rings is 1. The van der Waals surface area contributed by atoms with Gasteiger partial charge in [0.2, 0.25) is 0 Å². The highest BCUT2D eigenvalue weighted by Crippen LogP contribution is 2.27. The third kappa shape index (κ3) is 10.3. The molecule has 46 heavy (non-hydrogen) atoms. The number of nitrogens with zero attached hydrogens (tertiary/aromatic N) is 3. The SMILES string of the molecule is COC(=O)CN1CCN(c2cc(F)cc(/C=C(\C)[C@H]3OC(=O)C[C@H](O)CC[C@H](C)[C@@H](OC(=O)N4CCNCC4)/C=C/[C@@H]3C)c2)CC1. The Labute approximate surface area is 271 Å². The number of aliphatic hydroxyl groups excluding tert-OH is 1. The lowest BCUT2D eigenvalue weighted by molar-refractivity contribution is -0.151. The summed E-state index contributed by atoms with van der Waals surface area (Å²) in [4.78, 5) is 43.3. The Morgan fingerprint density at radius 1 is 1.07 bits per heavy atom. The van der Waals surface area contributed by atoms with Gasteiger partial charge in [0.05, 0.1) is 26.2 Å². The molecule has 0 aliphatic carbocycles. The number of cyclic esters (lactones) is 1. The zero-order valence-electron chi connectivity index (χ0n) is 27.5. The van der Waals surface area contributed by atoms with Crippen LogP contribution in [0, 0.1) is 17.7 Å².